The van der Waals surface area contributed by atoms with Gasteiger partial charge in [0.25, 0.3) is 10.1 Å². The van der Waals surface area contributed by atoms with E-state index in [-0.39, 0.29) is 10.8 Å². The molecule has 0 spiro atoms. The molecular formula is C22H28O3S. The Morgan fingerprint density at radius 2 is 1.38 bits per heavy atom. The van der Waals surface area contributed by atoms with Crippen LogP contribution in [-0.2, 0) is 10.1 Å². The summed E-state index contributed by atoms with van der Waals surface area (Å²) in [6.45, 7) is 0. The van der Waals surface area contributed by atoms with Gasteiger partial charge < -0.3 is 0 Å². The zero-order valence-electron chi connectivity index (χ0n) is 15.3. The van der Waals surface area contributed by atoms with Crippen LogP contribution >= 0.6 is 0 Å². The van der Waals surface area contributed by atoms with Crippen molar-refractivity contribution in [2.24, 2.45) is 0 Å². The molecule has 2 fully saturated rings. The van der Waals surface area contributed by atoms with Gasteiger partial charge in [0.1, 0.15) is 4.90 Å². The van der Waals surface area contributed by atoms with Gasteiger partial charge in [-0.1, -0.05) is 68.9 Å². The summed E-state index contributed by atoms with van der Waals surface area (Å²) in [4.78, 5) is 0.150. The van der Waals surface area contributed by atoms with Gasteiger partial charge in [-0.15, -0.1) is 0 Å². The van der Waals surface area contributed by atoms with Crippen LogP contribution in [0.3, 0.4) is 0 Å². The Hall–Kier alpha value is -1.39. The Morgan fingerprint density at radius 3 is 2.00 bits per heavy atom. The summed E-state index contributed by atoms with van der Waals surface area (Å²) in [6, 6.07) is 10.2. The van der Waals surface area contributed by atoms with Gasteiger partial charge in [0.15, 0.2) is 0 Å². The zero-order valence-corrected chi connectivity index (χ0v) is 16.1. The number of benzene rings is 2. The third-order valence-corrected chi connectivity index (χ3v) is 7.38. The molecule has 2 aromatic carbocycles. The van der Waals surface area contributed by atoms with Crippen molar-refractivity contribution in [3.63, 3.8) is 0 Å². The van der Waals surface area contributed by atoms with E-state index in [0.717, 1.165) is 36.6 Å². The first-order valence-electron chi connectivity index (χ1n) is 10.1. The lowest BCUT2D eigenvalue weighted by Gasteiger charge is -2.25. The Bertz CT molecular complexity index is 889. The first kappa shape index (κ1) is 18.0. The number of fused-ring (bicyclic) bond motifs is 1. The van der Waals surface area contributed by atoms with Crippen LogP contribution in [0.4, 0.5) is 0 Å². The molecule has 0 saturated heterocycles. The number of hydrogen-bond donors (Lipinski definition) is 1. The molecule has 2 saturated carbocycles. The Kier molecular flexibility index (Phi) is 5.07. The molecule has 0 unspecified atom stereocenters. The van der Waals surface area contributed by atoms with Crippen molar-refractivity contribution in [3.05, 3.63) is 41.5 Å². The molecule has 0 amide bonds. The van der Waals surface area contributed by atoms with E-state index in [1.807, 2.05) is 12.1 Å². The highest BCUT2D eigenvalue weighted by Crippen LogP contribution is 2.40. The van der Waals surface area contributed by atoms with Gasteiger partial charge in [-0.25, -0.2) is 0 Å². The first-order chi connectivity index (χ1) is 12.5. The summed E-state index contributed by atoms with van der Waals surface area (Å²) < 4.78 is 34.5. The van der Waals surface area contributed by atoms with E-state index in [9.17, 15) is 13.0 Å². The predicted molar refractivity (Wildman–Crippen MR) is 105 cm³/mol. The van der Waals surface area contributed by atoms with Crippen LogP contribution in [-0.4, -0.2) is 13.0 Å². The minimum Gasteiger partial charge on any atom is -0.282 e. The second kappa shape index (κ2) is 7.32. The second-order valence-corrected chi connectivity index (χ2v) is 9.47. The average molecular weight is 373 g/mol. The number of rotatable bonds is 3. The van der Waals surface area contributed by atoms with Crippen molar-refractivity contribution in [2.75, 3.05) is 0 Å². The molecule has 0 radical (unpaired) electrons. The fraction of sp³-hybridized carbons (Fsp3) is 0.545. The van der Waals surface area contributed by atoms with E-state index in [2.05, 4.69) is 18.2 Å². The molecule has 26 heavy (non-hydrogen) atoms. The smallest absolute Gasteiger partial charge is 0.282 e. The van der Waals surface area contributed by atoms with E-state index < -0.39 is 10.1 Å². The SMILES string of the molecule is O=S(=O)(O)c1c(C2CCCCC2)ccc2cc(C3CCCCC3)ccc12. The molecule has 0 bridgehead atoms. The predicted octanol–water partition coefficient (Wildman–Crippen LogP) is 6.18. The number of hydrogen-bond acceptors (Lipinski definition) is 2. The van der Waals surface area contributed by atoms with E-state index in [1.165, 1.54) is 44.1 Å². The van der Waals surface area contributed by atoms with E-state index in [0.29, 0.717) is 11.3 Å². The summed E-state index contributed by atoms with van der Waals surface area (Å²) in [5.74, 6) is 0.823. The van der Waals surface area contributed by atoms with Gasteiger partial charge in [-0.05, 0) is 54.0 Å². The molecule has 4 heteroatoms. The maximum absolute atomic E-state index is 12.3. The Labute approximate surface area is 156 Å². The van der Waals surface area contributed by atoms with Crippen LogP contribution in [0.5, 0.6) is 0 Å². The fourth-order valence-corrected chi connectivity index (χ4v) is 6.05. The van der Waals surface area contributed by atoms with Crippen LogP contribution in [0.15, 0.2) is 35.2 Å². The van der Waals surface area contributed by atoms with Gasteiger partial charge in [-0.2, -0.15) is 8.42 Å². The topological polar surface area (TPSA) is 54.4 Å². The summed E-state index contributed by atoms with van der Waals surface area (Å²) in [5.41, 5.74) is 2.12. The van der Waals surface area contributed by atoms with Crippen LogP contribution < -0.4 is 0 Å². The van der Waals surface area contributed by atoms with Crippen LogP contribution in [0, 0.1) is 0 Å². The minimum atomic E-state index is -4.25. The van der Waals surface area contributed by atoms with Crippen molar-refractivity contribution in [2.45, 2.75) is 80.9 Å². The molecule has 2 aliphatic rings. The lowest BCUT2D eigenvalue weighted by molar-refractivity contribution is 0.435. The minimum absolute atomic E-state index is 0.150. The molecule has 0 aromatic heterocycles. The van der Waals surface area contributed by atoms with Crippen LogP contribution in [0.25, 0.3) is 10.8 Å². The van der Waals surface area contributed by atoms with Crippen LogP contribution in [0.1, 0.15) is 87.2 Å². The molecule has 4 rings (SSSR count). The third-order valence-electron chi connectivity index (χ3n) is 6.40. The monoisotopic (exact) mass is 372 g/mol. The highest BCUT2D eigenvalue weighted by atomic mass is 32.2. The highest BCUT2D eigenvalue weighted by Gasteiger charge is 2.26. The Morgan fingerprint density at radius 1 is 0.769 bits per heavy atom. The summed E-state index contributed by atoms with van der Waals surface area (Å²) in [7, 11) is -4.25. The average Bonchev–Trinajstić information content (AvgIpc) is 2.67. The van der Waals surface area contributed by atoms with E-state index in [1.54, 1.807) is 0 Å². The largest absolute Gasteiger partial charge is 0.295 e. The van der Waals surface area contributed by atoms with Crippen molar-refractivity contribution >= 4 is 20.9 Å². The Balaban J connectivity index is 1.81. The molecule has 0 atom stereocenters. The normalized spacial score (nSPS) is 20.5. The lowest BCUT2D eigenvalue weighted by atomic mass is 9.82. The summed E-state index contributed by atoms with van der Waals surface area (Å²) >= 11 is 0. The molecule has 1 N–H and O–H groups in total. The molecule has 0 heterocycles. The maximum atomic E-state index is 12.3. The second-order valence-electron chi connectivity index (χ2n) is 8.11. The fourth-order valence-electron chi connectivity index (χ4n) is 5.05. The highest BCUT2D eigenvalue weighted by molar-refractivity contribution is 7.86. The van der Waals surface area contributed by atoms with Gasteiger partial charge in [0, 0.05) is 5.39 Å². The van der Waals surface area contributed by atoms with Crippen molar-refractivity contribution in [1.29, 1.82) is 0 Å². The summed E-state index contributed by atoms with van der Waals surface area (Å²) in [5, 5.41) is 1.61. The molecule has 2 aromatic rings. The lowest BCUT2D eigenvalue weighted by Crippen LogP contribution is -2.11. The van der Waals surface area contributed by atoms with E-state index in [4.69, 9.17) is 0 Å². The molecule has 0 aliphatic heterocycles. The standard InChI is InChI=1S/C22H28O3S/c23-26(24,25)22-20(17-9-5-2-6-10-17)14-12-19-15-18(11-13-21(19)22)16-7-3-1-4-8-16/h11-17H,1-10H2,(H,23,24,25). The quantitative estimate of drug-likeness (QED) is 0.654. The molecular weight excluding hydrogens is 344 g/mol. The van der Waals surface area contributed by atoms with E-state index >= 15 is 0 Å². The van der Waals surface area contributed by atoms with Crippen molar-refractivity contribution < 1.29 is 13.0 Å². The van der Waals surface area contributed by atoms with Gasteiger partial charge in [0.05, 0.1) is 0 Å². The van der Waals surface area contributed by atoms with Crippen molar-refractivity contribution in [1.82, 2.24) is 0 Å². The maximum Gasteiger partial charge on any atom is 0.295 e. The first-order valence-corrected chi connectivity index (χ1v) is 11.5. The zero-order chi connectivity index (χ0) is 18.1. The van der Waals surface area contributed by atoms with Crippen molar-refractivity contribution in [3.8, 4) is 0 Å². The third kappa shape index (κ3) is 3.54. The molecule has 3 nitrogen and oxygen atoms in total. The molecule has 2 aliphatic carbocycles. The van der Waals surface area contributed by atoms with Crippen LogP contribution in [0.2, 0.25) is 0 Å². The molecule has 140 valence electrons. The van der Waals surface area contributed by atoms with Gasteiger partial charge >= 0.3 is 0 Å². The van der Waals surface area contributed by atoms with Gasteiger partial charge in [-0.3, -0.25) is 4.55 Å². The summed E-state index contributed by atoms with van der Waals surface area (Å²) in [6.07, 6.45) is 11.8. The van der Waals surface area contributed by atoms with Gasteiger partial charge in [0.2, 0.25) is 0 Å².